The number of hydrogen-bond donors (Lipinski definition) is 2. The zero-order chi connectivity index (χ0) is 25.8. The molecule has 0 aliphatic heterocycles. The van der Waals surface area contributed by atoms with Crippen molar-refractivity contribution in [2.75, 3.05) is 5.32 Å². The van der Waals surface area contributed by atoms with Crippen LogP contribution in [0.4, 0.5) is 23.2 Å². The summed E-state index contributed by atoms with van der Waals surface area (Å²) in [7, 11) is 0. The minimum absolute atomic E-state index is 0.0255. The van der Waals surface area contributed by atoms with Crippen molar-refractivity contribution >= 4 is 39.1 Å². The van der Waals surface area contributed by atoms with Crippen molar-refractivity contribution in [1.29, 1.82) is 0 Å². The highest BCUT2D eigenvalue weighted by Crippen LogP contribution is 2.50. The normalized spacial score (nSPS) is 14.6. The number of thiophene rings is 1. The van der Waals surface area contributed by atoms with Gasteiger partial charge in [0.2, 0.25) is 5.91 Å². The summed E-state index contributed by atoms with van der Waals surface area (Å²) in [6, 6.07) is 10.6. The summed E-state index contributed by atoms with van der Waals surface area (Å²) < 4.78 is 53.4. The number of amides is 1. The number of fused-ring (bicyclic) bond motifs is 1. The van der Waals surface area contributed by atoms with E-state index >= 15 is 0 Å². The molecule has 0 bridgehead atoms. The molecule has 0 atom stereocenters. The third-order valence-electron chi connectivity index (χ3n) is 6.36. The lowest BCUT2D eigenvalue weighted by atomic mass is 9.92. The molecule has 2 aromatic carbocycles. The number of rotatable bonds is 5. The van der Waals surface area contributed by atoms with Gasteiger partial charge in [0.1, 0.15) is 10.6 Å². The SMILES string of the molecule is Cc1cc(NC(=O)C2(c3ccc(C(F)(F)F)cc3F)CC2)cc(C(=O)O)c1-c1cc2cccnc2s1. The van der Waals surface area contributed by atoms with E-state index in [0.717, 1.165) is 22.3 Å². The van der Waals surface area contributed by atoms with Gasteiger partial charge in [-0.05, 0) is 61.7 Å². The van der Waals surface area contributed by atoms with E-state index in [2.05, 4.69) is 10.3 Å². The Morgan fingerprint density at radius 2 is 1.86 bits per heavy atom. The van der Waals surface area contributed by atoms with Crippen LogP contribution in [0.5, 0.6) is 0 Å². The molecule has 184 valence electrons. The summed E-state index contributed by atoms with van der Waals surface area (Å²) in [5.41, 5.74) is -1.27. The second-order valence-corrected chi connectivity index (χ2v) is 9.79. The number of benzene rings is 2. The van der Waals surface area contributed by atoms with Gasteiger partial charge in [-0.1, -0.05) is 12.1 Å². The van der Waals surface area contributed by atoms with E-state index in [1.54, 1.807) is 25.3 Å². The van der Waals surface area contributed by atoms with E-state index in [4.69, 9.17) is 0 Å². The van der Waals surface area contributed by atoms with Crippen LogP contribution in [0.15, 0.2) is 54.7 Å². The average Bonchev–Trinajstić information content (AvgIpc) is 3.50. The zero-order valence-corrected chi connectivity index (χ0v) is 19.6. The molecular formula is C26H18F4N2O3S. The molecule has 0 spiro atoms. The summed E-state index contributed by atoms with van der Waals surface area (Å²) in [5, 5.41) is 13.4. The van der Waals surface area contributed by atoms with Crippen molar-refractivity contribution in [3.05, 3.63) is 82.8 Å². The lowest BCUT2D eigenvalue weighted by molar-refractivity contribution is -0.137. The molecule has 4 aromatic rings. The lowest BCUT2D eigenvalue weighted by Gasteiger charge is -2.19. The largest absolute Gasteiger partial charge is 0.478 e. The fraction of sp³-hybridized carbons (Fsp3) is 0.192. The topological polar surface area (TPSA) is 79.3 Å². The lowest BCUT2D eigenvalue weighted by Crippen LogP contribution is -2.29. The summed E-state index contributed by atoms with van der Waals surface area (Å²) >= 11 is 1.35. The highest BCUT2D eigenvalue weighted by molar-refractivity contribution is 7.21. The maximum atomic E-state index is 14.6. The third-order valence-corrected chi connectivity index (χ3v) is 7.44. The Labute approximate surface area is 206 Å². The molecule has 0 unspecified atom stereocenters. The Bertz CT molecular complexity index is 1510. The van der Waals surface area contributed by atoms with Crippen LogP contribution < -0.4 is 5.32 Å². The first kappa shape index (κ1) is 23.9. The number of alkyl halides is 3. The molecule has 1 saturated carbocycles. The van der Waals surface area contributed by atoms with Gasteiger partial charge < -0.3 is 10.4 Å². The molecule has 2 heterocycles. The van der Waals surface area contributed by atoms with Gasteiger partial charge in [0.15, 0.2) is 0 Å². The first-order valence-electron chi connectivity index (χ1n) is 10.9. The quantitative estimate of drug-likeness (QED) is 0.287. The molecular weight excluding hydrogens is 496 g/mol. The van der Waals surface area contributed by atoms with Crippen LogP contribution >= 0.6 is 11.3 Å². The second-order valence-electron chi connectivity index (χ2n) is 8.76. The van der Waals surface area contributed by atoms with Gasteiger partial charge in [0.05, 0.1) is 16.5 Å². The minimum atomic E-state index is -4.70. The Balaban J connectivity index is 1.48. The molecule has 2 N–H and O–H groups in total. The van der Waals surface area contributed by atoms with Gasteiger partial charge in [-0.2, -0.15) is 13.2 Å². The molecule has 2 aromatic heterocycles. The Kier molecular flexibility index (Phi) is 5.59. The molecule has 36 heavy (non-hydrogen) atoms. The van der Waals surface area contributed by atoms with Gasteiger partial charge in [0, 0.05) is 33.3 Å². The molecule has 1 aliphatic carbocycles. The molecule has 10 heteroatoms. The van der Waals surface area contributed by atoms with Crippen molar-refractivity contribution in [3.8, 4) is 10.4 Å². The highest BCUT2D eigenvalue weighted by Gasteiger charge is 2.53. The summed E-state index contributed by atoms with van der Waals surface area (Å²) in [4.78, 5) is 31.0. The predicted molar refractivity (Wildman–Crippen MR) is 128 cm³/mol. The number of pyridine rings is 1. The maximum absolute atomic E-state index is 14.6. The number of carbonyl (C=O) groups is 2. The fourth-order valence-corrected chi connectivity index (χ4v) is 5.55. The van der Waals surface area contributed by atoms with Crippen LogP contribution in [0, 0.1) is 12.7 Å². The van der Waals surface area contributed by atoms with Gasteiger partial charge >= 0.3 is 12.1 Å². The van der Waals surface area contributed by atoms with Gasteiger partial charge in [-0.15, -0.1) is 11.3 Å². The van der Waals surface area contributed by atoms with Crippen LogP contribution in [0.1, 0.15) is 39.9 Å². The van der Waals surface area contributed by atoms with E-state index in [9.17, 15) is 32.3 Å². The number of carboxylic acids is 1. The predicted octanol–water partition coefficient (Wildman–Crippen LogP) is 6.80. The van der Waals surface area contributed by atoms with Crippen LogP contribution in [0.3, 0.4) is 0 Å². The number of aromatic nitrogens is 1. The number of aromatic carboxylic acids is 1. The minimum Gasteiger partial charge on any atom is -0.478 e. The number of nitrogens with one attached hydrogen (secondary N) is 1. The van der Waals surface area contributed by atoms with Gasteiger partial charge in [-0.25, -0.2) is 14.2 Å². The van der Waals surface area contributed by atoms with Crippen molar-refractivity contribution in [2.24, 2.45) is 0 Å². The number of aryl methyl sites for hydroxylation is 1. The van der Waals surface area contributed by atoms with Gasteiger partial charge in [0.25, 0.3) is 0 Å². The number of nitrogens with zero attached hydrogens (tertiary/aromatic N) is 1. The molecule has 1 amide bonds. The maximum Gasteiger partial charge on any atom is 0.416 e. The van der Waals surface area contributed by atoms with Crippen LogP contribution in [-0.2, 0) is 16.4 Å². The zero-order valence-electron chi connectivity index (χ0n) is 18.7. The van der Waals surface area contributed by atoms with E-state index in [0.29, 0.717) is 22.1 Å². The fourth-order valence-electron chi connectivity index (χ4n) is 4.43. The number of carboxylic acid groups (broad SMARTS) is 1. The van der Waals surface area contributed by atoms with E-state index in [1.807, 2.05) is 12.1 Å². The molecule has 1 aliphatic rings. The summed E-state index contributed by atoms with van der Waals surface area (Å²) in [6.45, 7) is 1.72. The first-order chi connectivity index (χ1) is 17.0. The number of anilines is 1. The van der Waals surface area contributed by atoms with Gasteiger partial charge in [-0.3, -0.25) is 4.79 Å². The number of carbonyl (C=O) groups excluding carboxylic acids is 1. The molecule has 1 fully saturated rings. The smallest absolute Gasteiger partial charge is 0.416 e. The van der Waals surface area contributed by atoms with E-state index in [1.165, 1.54) is 17.4 Å². The standard InChI is InChI=1S/C26H18F4N2O3S/c1-13-9-16(12-17(23(33)34)21(13)20-10-14-3-2-8-31-22(14)36-20)32-24(35)25(6-7-25)18-5-4-15(11-19(18)27)26(28,29)30/h2-5,8-12H,6-7H2,1H3,(H,32,35)(H,33,34). The average molecular weight is 515 g/mol. The van der Waals surface area contributed by atoms with Crippen molar-refractivity contribution in [3.63, 3.8) is 0 Å². The van der Waals surface area contributed by atoms with Crippen LogP contribution in [0.2, 0.25) is 0 Å². The molecule has 0 radical (unpaired) electrons. The Morgan fingerprint density at radius 3 is 2.47 bits per heavy atom. The Morgan fingerprint density at radius 1 is 1.11 bits per heavy atom. The summed E-state index contributed by atoms with van der Waals surface area (Å²) in [5.74, 6) is -2.89. The molecule has 5 nitrogen and oxygen atoms in total. The van der Waals surface area contributed by atoms with Crippen molar-refractivity contribution < 1.29 is 32.3 Å². The molecule has 0 saturated heterocycles. The van der Waals surface area contributed by atoms with E-state index in [-0.39, 0.29) is 29.7 Å². The van der Waals surface area contributed by atoms with E-state index < -0.39 is 34.8 Å². The third kappa shape index (κ3) is 4.11. The van der Waals surface area contributed by atoms with Crippen LogP contribution in [0.25, 0.3) is 20.7 Å². The van der Waals surface area contributed by atoms with Crippen LogP contribution in [-0.4, -0.2) is 22.0 Å². The monoisotopic (exact) mass is 514 g/mol. The van der Waals surface area contributed by atoms with Crippen molar-refractivity contribution in [2.45, 2.75) is 31.4 Å². The number of halogens is 4. The highest BCUT2D eigenvalue weighted by atomic mass is 32.1. The molecule has 5 rings (SSSR count). The Hall–Kier alpha value is -3.79. The number of hydrogen-bond acceptors (Lipinski definition) is 4. The van der Waals surface area contributed by atoms with Crippen molar-refractivity contribution in [1.82, 2.24) is 4.98 Å². The second kappa shape index (κ2) is 8.41. The first-order valence-corrected chi connectivity index (χ1v) is 11.7. The summed E-state index contributed by atoms with van der Waals surface area (Å²) in [6.07, 6.45) is -2.52.